The molecule has 5 heteroatoms. The Bertz CT molecular complexity index is 763. The maximum atomic E-state index is 12.4. The number of carbonyl (C=O) groups excluding carboxylic acids is 1. The van der Waals surface area contributed by atoms with Crippen molar-refractivity contribution in [3.05, 3.63) is 51.9 Å². The van der Waals surface area contributed by atoms with E-state index in [4.69, 9.17) is 11.6 Å². The van der Waals surface area contributed by atoms with Gasteiger partial charge in [0, 0.05) is 4.88 Å². The molecule has 2 atom stereocenters. The Labute approximate surface area is 144 Å². The average molecular weight is 345 g/mol. The van der Waals surface area contributed by atoms with E-state index in [1.54, 1.807) is 0 Å². The third-order valence-electron chi connectivity index (χ3n) is 4.18. The second-order valence-corrected chi connectivity index (χ2v) is 7.47. The van der Waals surface area contributed by atoms with Crippen molar-refractivity contribution in [1.82, 2.24) is 0 Å². The molecule has 0 fully saturated rings. The molecule has 1 N–H and O–H groups in total. The van der Waals surface area contributed by atoms with Gasteiger partial charge in [-0.2, -0.15) is 5.26 Å². The van der Waals surface area contributed by atoms with Gasteiger partial charge in [-0.3, -0.25) is 4.79 Å². The monoisotopic (exact) mass is 344 g/mol. The van der Waals surface area contributed by atoms with Crippen molar-refractivity contribution in [3.63, 3.8) is 0 Å². The highest BCUT2D eigenvalue weighted by Crippen LogP contribution is 2.39. The van der Waals surface area contributed by atoms with Crippen LogP contribution in [-0.4, -0.2) is 5.91 Å². The fraction of sp³-hybridized carbons (Fsp3) is 0.333. The SMILES string of the molecule is C[C@H]1CCc2c(sc(NC(=O)[C@H](Cl)c3ccccc3)c2C#N)C1. The van der Waals surface area contributed by atoms with Crippen LogP contribution in [0.2, 0.25) is 0 Å². The molecule has 118 valence electrons. The summed E-state index contributed by atoms with van der Waals surface area (Å²) in [5.74, 6) is 0.336. The predicted molar refractivity (Wildman–Crippen MR) is 93.9 cm³/mol. The number of nitrogens with one attached hydrogen (secondary N) is 1. The molecule has 0 aliphatic heterocycles. The minimum Gasteiger partial charge on any atom is -0.315 e. The summed E-state index contributed by atoms with van der Waals surface area (Å²) >= 11 is 7.78. The first kappa shape index (κ1) is 16.0. The number of thiophene rings is 1. The number of rotatable bonds is 3. The van der Waals surface area contributed by atoms with Gasteiger partial charge in [0.25, 0.3) is 0 Å². The number of alkyl halides is 1. The fourth-order valence-electron chi connectivity index (χ4n) is 2.91. The van der Waals surface area contributed by atoms with E-state index < -0.39 is 5.38 Å². The van der Waals surface area contributed by atoms with E-state index >= 15 is 0 Å². The lowest BCUT2D eigenvalue weighted by atomic mass is 9.88. The van der Waals surface area contributed by atoms with Crippen molar-refractivity contribution in [2.24, 2.45) is 5.92 Å². The summed E-state index contributed by atoms with van der Waals surface area (Å²) in [5, 5.41) is 12.2. The van der Waals surface area contributed by atoms with E-state index in [1.807, 2.05) is 30.3 Å². The third kappa shape index (κ3) is 3.26. The minimum absolute atomic E-state index is 0.291. The topological polar surface area (TPSA) is 52.9 Å². The quantitative estimate of drug-likeness (QED) is 0.823. The van der Waals surface area contributed by atoms with Crippen LogP contribution in [0, 0.1) is 17.2 Å². The Kier molecular flexibility index (Phi) is 4.70. The van der Waals surface area contributed by atoms with Crippen LogP contribution in [0.1, 0.15) is 40.3 Å². The number of fused-ring (bicyclic) bond motifs is 1. The fourth-order valence-corrected chi connectivity index (χ4v) is 4.47. The molecular weight excluding hydrogens is 328 g/mol. The third-order valence-corrected chi connectivity index (χ3v) is 5.80. The molecule has 0 bridgehead atoms. The minimum atomic E-state index is -0.763. The molecule has 2 aromatic rings. The van der Waals surface area contributed by atoms with Crippen LogP contribution in [0.5, 0.6) is 0 Å². The Balaban J connectivity index is 1.83. The molecule has 3 nitrogen and oxygen atoms in total. The molecule has 0 radical (unpaired) electrons. The first-order chi connectivity index (χ1) is 11.1. The summed E-state index contributed by atoms with van der Waals surface area (Å²) in [4.78, 5) is 13.6. The number of amides is 1. The summed E-state index contributed by atoms with van der Waals surface area (Å²) < 4.78 is 0. The van der Waals surface area contributed by atoms with Crippen molar-refractivity contribution >= 4 is 33.8 Å². The van der Waals surface area contributed by atoms with Gasteiger partial charge < -0.3 is 5.32 Å². The zero-order valence-corrected chi connectivity index (χ0v) is 14.4. The van der Waals surface area contributed by atoms with Crippen LogP contribution in [0.25, 0.3) is 0 Å². The zero-order chi connectivity index (χ0) is 16.4. The van der Waals surface area contributed by atoms with Crippen LogP contribution in [0.4, 0.5) is 5.00 Å². The standard InChI is InChI=1S/C18H17ClN2OS/c1-11-7-8-13-14(10-20)18(23-15(13)9-11)21-17(22)16(19)12-5-3-2-4-6-12/h2-6,11,16H,7-9H2,1H3,(H,21,22)/t11-,16+/m0/s1. The summed E-state index contributed by atoms with van der Waals surface area (Å²) in [6.45, 7) is 2.22. The van der Waals surface area contributed by atoms with Gasteiger partial charge in [0.1, 0.15) is 16.4 Å². The Hall–Kier alpha value is -1.83. The van der Waals surface area contributed by atoms with Gasteiger partial charge in [-0.05, 0) is 36.3 Å². The lowest BCUT2D eigenvalue weighted by Crippen LogP contribution is -2.17. The molecule has 1 amide bonds. The van der Waals surface area contributed by atoms with Gasteiger partial charge in [-0.1, -0.05) is 37.3 Å². The maximum absolute atomic E-state index is 12.4. The number of hydrogen-bond donors (Lipinski definition) is 1. The van der Waals surface area contributed by atoms with Gasteiger partial charge in [-0.15, -0.1) is 22.9 Å². The predicted octanol–water partition coefficient (Wildman–Crippen LogP) is 4.66. The van der Waals surface area contributed by atoms with Gasteiger partial charge >= 0.3 is 0 Å². The zero-order valence-electron chi connectivity index (χ0n) is 12.8. The number of nitrogens with zero attached hydrogens (tertiary/aromatic N) is 1. The number of hydrogen-bond acceptors (Lipinski definition) is 3. The van der Waals surface area contributed by atoms with Gasteiger partial charge in [0.15, 0.2) is 0 Å². The summed E-state index contributed by atoms with van der Waals surface area (Å²) in [7, 11) is 0. The van der Waals surface area contributed by atoms with Gasteiger partial charge in [-0.25, -0.2) is 0 Å². The van der Waals surface area contributed by atoms with E-state index in [-0.39, 0.29) is 5.91 Å². The molecule has 1 heterocycles. The lowest BCUT2D eigenvalue weighted by Gasteiger charge is -2.17. The van der Waals surface area contributed by atoms with E-state index in [9.17, 15) is 10.1 Å². The Morgan fingerprint density at radius 1 is 1.43 bits per heavy atom. The number of carbonyl (C=O) groups is 1. The lowest BCUT2D eigenvalue weighted by molar-refractivity contribution is -0.115. The normalized spacial score (nSPS) is 17.9. The summed E-state index contributed by atoms with van der Waals surface area (Å²) in [5.41, 5.74) is 2.47. The van der Waals surface area contributed by atoms with Crippen molar-refractivity contribution in [2.75, 3.05) is 5.32 Å². The van der Waals surface area contributed by atoms with Crippen molar-refractivity contribution < 1.29 is 4.79 Å². The van der Waals surface area contributed by atoms with Crippen LogP contribution in [-0.2, 0) is 17.6 Å². The van der Waals surface area contributed by atoms with Crippen molar-refractivity contribution in [1.29, 1.82) is 5.26 Å². The summed E-state index contributed by atoms with van der Waals surface area (Å²) in [6, 6.07) is 11.5. The first-order valence-corrected chi connectivity index (χ1v) is 8.90. The molecule has 1 aliphatic rings. The highest BCUT2D eigenvalue weighted by molar-refractivity contribution is 7.16. The molecule has 1 aliphatic carbocycles. The van der Waals surface area contributed by atoms with Crippen molar-refractivity contribution in [2.45, 2.75) is 31.6 Å². The largest absolute Gasteiger partial charge is 0.315 e. The van der Waals surface area contributed by atoms with E-state index in [2.05, 4.69) is 18.3 Å². The van der Waals surface area contributed by atoms with E-state index in [1.165, 1.54) is 16.2 Å². The molecule has 0 spiro atoms. The molecule has 1 aromatic heterocycles. The molecule has 3 rings (SSSR count). The van der Waals surface area contributed by atoms with Gasteiger partial charge in [0.05, 0.1) is 5.56 Å². The molecular formula is C18H17ClN2OS. The second-order valence-electron chi connectivity index (χ2n) is 5.93. The number of anilines is 1. The van der Waals surface area contributed by atoms with Gasteiger partial charge in [0.2, 0.25) is 5.91 Å². The summed E-state index contributed by atoms with van der Waals surface area (Å²) in [6.07, 6.45) is 2.98. The molecule has 0 saturated heterocycles. The van der Waals surface area contributed by atoms with E-state index in [0.717, 1.165) is 30.4 Å². The average Bonchev–Trinajstić information content (AvgIpc) is 2.90. The van der Waals surface area contributed by atoms with Crippen LogP contribution in [0.3, 0.4) is 0 Å². The molecule has 0 saturated carbocycles. The number of benzene rings is 1. The highest BCUT2D eigenvalue weighted by atomic mass is 35.5. The Morgan fingerprint density at radius 3 is 2.87 bits per heavy atom. The van der Waals surface area contributed by atoms with Crippen LogP contribution < -0.4 is 5.32 Å². The van der Waals surface area contributed by atoms with Crippen LogP contribution >= 0.6 is 22.9 Å². The smallest absolute Gasteiger partial charge is 0.247 e. The molecule has 1 aromatic carbocycles. The maximum Gasteiger partial charge on any atom is 0.247 e. The number of nitriles is 1. The molecule has 0 unspecified atom stereocenters. The molecule has 23 heavy (non-hydrogen) atoms. The first-order valence-electron chi connectivity index (χ1n) is 7.64. The van der Waals surface area contributed by atoms with E-state index in [0.29, 0.717) is 16.5 Å². The second kappa shape index (κ2) is 6.74. The Morgan fingerprint density at radius 2 is 2.17 bits per heavy atom. The highest BCUT2D eigenvalue weighted by Gasteiger charge is 2.26. The van der Waals surface area contributed by atoms with Crippen LogP contribution in [0.15, 0.2) is 30.3 Å². The van der Waals surface area contributed by atoms with Crippen molar-refractivity contribution in [3.8, 4) is 6.07 Å². The number of halogens is 1.